The van der Waals surface area contributed by atoms with Crippen LogP contribution in [0.15, 0.2) is 24.4 Å². The van der Waals surface area contributed by atoms with Crippen molar-refractivity contribution in [1.82, 2.24) is 15.3 Å². The normalized spacial score (nSPS) is 24.8. The van der Waals surface area contributed by atoms with Gasteiger partial charge in [-0.15, -0.1) is 0 Å². The van der Waals surface area contributed by atoms with E-state index in [0.29, 0.717) is 0 Å². The van der Waals surface area contributed by atoms with Crippen LogP contribution in [-0.2, 0) is 0 Å². The molecule has 0 bridgehead atoms. The Labute approximate surface area is 73.3 Å². The van der Waals surface area contributed by atoms with E-state index in [1.165, 1.54) is 0 Å². The van der Waals surface area contributed by atoms with Gasteiger partial charge in [0, 0.05) is 32.4 Å². The Morgan fingerprint density at radius 3 is 2.58 bits per heavy atom. The maximum atomic E-state index is 3.34. The molecule has 0 aliphatic carbocycles. The number of hydrazine groups is 1. The summed E-state index contributed by atoms with van der Waals surface area (Å²) in [6.45, 7) is 5.48. The quantitative estimate of drug-likeness (QED) is 0.598. The number of allylic oxidation sites excluding steroid dienone is 2. The van der Waals surface area contributed by atoms with E-state index in [9.17, 15) is 0 Å². The summed E-state index contributed by atoms with van der Waals surface area (Å²) in [5.74, 6) is 0. The van der Waals surface area contributed by atoms with E-state index in [-0.39, 0.29) is 0 Å². The molecule has 66 valence electrons. The molecule has 3 nitrogen and oxygen atoms in total. The Hall–Kier alpha value is -0.800. The van der Waals surface area contributed by atoms with Gasteiger partial charge in [-0.2, -0.15) is 0 Å². The number of hydrogen-bond donors (Lipinski definition) is 1. The maximum absolute atomic E-state index is 3.34. The highest BCUT2D eigenvalue weighted by Crippen LogP contribution is 2.04. The van der Waals surface area contributed by atoms with Gasteiger partial charge < -0.3 is 10.3 Å². The van der Waals surface area contributed by atoms with Crippen LogP contribution in [0.4, 0.5) is 0 Å². The fourth-order valence-electron chi connectivity index (χ4n) is 1.58. The smallest absolute Gasteiger partial charge is 0.0524 e. The predicted molar refractivity (Wildman–Crippen MR) is 49.4 cm³/mol. The first kappa shape index (κ1) is 7.83. The van der Waals surface area contributed by atoms with Crippen molar-refractivity contribution in [3.63, 3.8) is 0 Å². The molecule has 0 atom stereocenters. The van der Waals surface area contributed by atoms with Gasteiger partial charge in [0.05, 0.1) is 6.54 Å². The first-order valence-electron chi connectivity index (χ1n) is 4.52. The Bertz CT molecular complexity index is 192. The summed E-state index contributed by atoms with van der Waals surface area (Å²) in [7, 11) is 0. The lowest BCUT2D eigenvalue weighted by Crippen LogP contribution is -2.50. The Kier molecular flexibility index (Phi) is 2.44. The summed E-state index contributed by atoms with van der Waals surface area (Å²) in [6, 6.07) is 0. The molecule has 2 aliphatic heterocycles. The standard InChI is InChI=1S/C9H15N3/c1-2-6-11(7-3-1)12-8-4-10-5-9-12/h1-3,6,10H,4-5,7-9H2. The second-order valence-electron chi connectivity index (χ2n) is 3.10. The number of hydrogen-bond acceptors (Lipinski definition) is 3. The predicted octanol–water partition coefficient (Wildman–Crippen LogP) is 0.192. The molecule has 2 aliphatic rings. The van der Waals surface area contributed by atoms with Crippen LogP contribution >= 0.6 is 0 Å². The molecule has 0 aromatic carbocycles. The fraction of sp³-hybridized carbons (Fsp3) is 0.556. The molecule has 2 rings (SSSR count). The summed E-state index contributed by atoms with van der Waals surface area (Å²) in [5.41, 5.74) is 0. The van der Waals surface area contributed by atoms with E-state index >= 15 is 0 Å². The van der Waals surface area contributed by atoms with Gasteiger partial charge in [0.15, 0.2) is 0 Å². The van der Waals surface area contributed by atoms with Crippen molar-refractivity contribution in [3.8, 4) is 0 Å². The van der Waals surface area contributed by atoms with E-state index in [1.54, 1.807) is 0 Å². The molecule has 0 unspecified atom stereocenters. The van der Waals surface area contributed by atoms with Gasteiger partial charge in [0.1, 0.15) is 0 Å². The summed E-state index contributed by atoms with van der Waals surface area (Å²) in [5, 5.41) is 8.01. The van der Waals surface area contributed by atoms with Gasteiger partial charge in [-0.05, 0) is 6.08 Å². The molecule has 0 radical (unpaired) electrons. The molecule has 1 N–H and O–H groups in total. The molecular formula is C9H15N3. The van der Waals surface area contributed by atoms with Gasteiger partial charge in [0.2, 0.25) is 0 Å². The SMILES string of the molecule is C1=CCN(N2CCNCC2)C=C1. The fourth-order valence-corrected chi connectivity index (χ4v) is 1.58. The second-order valence-corrected chi connectivity index (χ2v) is 3.10. The van der Waals surface area contributed by atoms with E-state index in [1.807, 2.05) is 0 Å². The number of nitrogens with one attached hydrogen (secondary N) is 1. The third-order valence-electron chi connectivity index (χ3n) is 2.25. The van der Waals surface area contributed by atoms with E-state index in [2.05, 4.69) is 39.8 Å². The van der Waals surface area contributed by atoms with Crippen molar-refractivity contribution < 1.29 is 0 Å². The zero-order chi connectivity index (χ0) is 8.23. The minimum Gasteiger partial charge on any atom is -0.314 e. The van der Waals surface area contributed by atoms with Crippen LogP contribution in [0.5, 0.6) is 0 Å². The highest BCUT2D eigenvalue weighted by atomic mass is 15.6. The molecule has 12 heavy (non-hydrogen) atoms. The molecule has 2 heterocycles. The van der Waals surface area contributed by atoms with E-state index in [0.717, 1.165) is 32.7 Å². The second kappa shape index (κ2) is 3.74. The summed E-state index contributed by atoms with van der Waals surface area (Å²) in [4.78, 5) is 0. The molecule has 0 amide bonds. The minimum atomic E-state index is 1.02. The zero-order valence-corrected chi connectivity index (χ0v) is 7.24. The lowest BCUT2D eigenvalue weighted by atomic mass is 10.3. The molecule has 0 aromatic rings. The van der Waals surface area contributed by atoms with Crippen LogP contribution in [0.2, 0.25) is 0 Å². The van der Waals surface area contributed by atoms with Crippen molar-refractivity contribution in [2.24, 2.45) is 0 Å². The molecule has 0 spiro atoms. The van der Waals surface area contributed by atoms with Crippen molar-refractivity contribution in [2.75, 3.05) is 32.7 Å². The Morgan fingerprint density at radius 1 is 1.08 bits per heavy atom. The summed E-state index contributed by atoms with van der Waals surface area (Å²) in [6.07, 6.45) is 8.51. The van der Waals surface area contributed by atoms with E-state index < -0.39 is 0 Å². The average molecular weight is 165 g/mol. The highest BCUT2D eigenvalue weighted by molar-refractivity contribution is 5.07. The van der Waals surface area contributed by atoms with Crippen LogP contribution in [0.25, 0.3) is 0 Å². The van der Waals surface area contributed by atoms with Gasteiger partial charge >= 0.3 is 0 Å². The zero-order valence-electron chi connectivity index (χ0n) is 7.24. The van der Waals surface area contributed by atoms with Crippen molar-refractivity contribution in [3.05, 3.63) is 24.4 Å². The van der Waals surface area contributed by atoms with Gasteiger partial charge in [-0.3, -0.25) is 0 Å². The minimum absolute atomic E-state index is 1.02. The first-order valence-corrected chi connectivity index (χ1v) is 4.52. The first-order chi connectivity index (χ1) is 5.97. The molecule has 0 saturated carbocycles. The van der Waals surface area contributed by atoms with E-state index in [4.69, 9.17) is 0 Å². The van der Waals surface area contributed by atoms with Crippen LogP contribution in [0.1, 0.15) is 0 Å². The average Bonchev–Trinajstić information content (AvgIpc) is 2.21. The monoisotopic (exact) mass is 165 g/mol. The number of piperazine rings is 1. The highest BCUT2D eigenvalue weighted by Gasteiger charge is 2.14. The number of nitrogens with zero attached hydrogens (tertiary/aromatic N) is 2. The van der Waals surface area contributed by atoms with Crippen LogP contribution in [-0.4, -0.2) is 42.7 Å². The molecule has 3 heteroatoms. The van der Waals surface area contributed by atoms with Crippen molar-refractivity contribution in [1.29, 1.82) is 0 Å². The summed E-state index contributed by atoms with van der Waals surface area (Å²) < 4.78 is 0. The van der Waals surface area contributed by atoms with Gasteiger partial charge in [-0.25, -0.2) is 5.01 Å². The van der Waals surface area contributed by atoms with Crippen LogP contribution < -0.4 is 5.32 Å². The number of rotatable bonds is 1. The van der Waals surface area contributed by atoms with Crippen LogP contribution in [0.3, 0.4) is 0 Å². The molecular weight excluding hydrogens is 150 g/mol. The topological polar surface area (TPSA) is 18.5 Å². The van der Waals surface area contributed by atoms with Gasteiger partial charge in [0.25, 0.3) is 0 Å². The van der Waals surface area contributed by atoms with Crippen molar-refractivity contribution >= 4 is 0 Å². The summed E-state index contributed by atoms with van der Waals surface area (Å²) >= 11 is 0. The largest absolute Gasteiger partial charge is 0.314 e. The van der Waals surface area contributed by atoms with Crippen molar-refractivity contribution in [2.45, 2.75) is 0 Å². The van der Waals surface area contributed by atoms with Gasteiger partial charge in [-0.1, -0.05) is 12.2 Å². The lowest BCUT2D eigenvalue weighted by molar-refractivity contribution is 0.0196. The third-order valence-corrected chi connectivity index (χ3v) is 2.25. The lowest BCUT2D eigenvalue weighted by Gasteiger charge is -2.37. The third kappa shape index (κ3) is 1.68. The Morgan fingerprint density at radius 2 is 1.92 bits per heavy atom. The molecule has 1 fully saturated rings. The molecule has 1 saturated heterocycles. The Balaban J connectivity index is 1.90. The molecule has 0 aromatic heterocycles. The maximum Gasteiger partial charge on any atom is 0.0524 e. The van der Waals surface area contributed by atoms with Crippen LogP contribution in [0, 0.1) is 0 Å².